The van der Waals surface area contributed by atoms with Gasteiger partial charge in [-0.05, 0) is 12.5 Å². The van der Waals surface area contributed by atoms with E-state index in [4.69, 9.17) is 11.6 Å². The SMILES string of the molecule is O=C1CC[C@@H](C(=O)N(c2cncc(F)c2)C(C(=O)NC2CC(F)(F)C2)c2ccccc2Cl)N1. The molecule has 0 radical (unpaired) electrons. The first-order valence-corrected chi connectivity index (χ1v) is 10.7. The van der Waals surface area contributed by atoms with Crippen LogP contribution in [0.1, 0.15) is 37.3 Å². The largest absolute Gasteiger partial charge is 0.351 e. The summed E-state index contributed by atoms with van der Waals surface area (Å²) in [4.78, 5) is 43.4. The van der Waals surface area contributed by atoms with Crippen molar-refractivity contribution in [3.05, 3.63) is 59.1 Å². The molecule has 174 valence electrons. The molecule has 2 aliphatic rings. The van der Waals surface area contributed by atoms with Crippen molar-refractivity contribution >= 4 is 35.0 Å². The first-order chi connectivity index (χ1) is 15.6. The highest BCUT2D eigenvalue weighted by molar-refractivity contribution is 6.31. The predicted octanol–water partition coefficient (Wildman–Crippen LogP) is 3.14. The lowest BCUT2D eigenvalue weighted by Gasteiger charge is -2.38. The average molecular weight is 481 g/mol. The smallest absolute Gasteiger partial charge is 0.252 e. The number of rotatable bonds is 6. The van der Waals surface area contributed by atoms with Crippen LogP contribution in [0.15, 0.2) is 42.7 Å². The lowest BCUT2D eigenvalue weighted by atomic mass is 9.87. The van der Waals surface area contributed by atoms with Gasteiger partial charge < -0.3 is 10.6 Å². The fourth-order valence-corrected chi connectivity index (χ4v) is 4.28. The van der Waals surface area contributed by atoms with Crippen molar-refractivity contribution in [2.75, 3.05) is 4.90 Å². The maximum Gasteiger partial charge on any atom is 0.252 e. The Balaban J connectivity index is 1.77. The minimum atomic E-state index is -2.87. The van der Waals surface area contributed by atoms with Crippen LogP contribution in [0.2, 0.25) is 5.02 Å². The van der Waals surface area contributed by atoms with Gasteiger partial charge in [0, 0.05) is 42.0 Å². The summed E-state index contributed by atoms with van der Waals surface area (Å²) in [6.07, 6.45) is 1.38. The third kappa shape index (κ3) is 4.95. The molecule has 2 heterocycles. The molecule has 1 unspecified atom stereocenters. The highest BCUT2D eigenvalue weighted by Gasteiger charge is 2.47. The van der Waals surface area contributed by atoms with Crippen molar-refractivity contribution in [2.24, 2.45) is 0 Å². The first kappa shape index (κ1) is 23.0. The standard InChI is InChI=1S/C22H20ClF3N4O3/c23-16-4-2-1-3-15(16)19(20(32)28-13-8-22(25,26)9-13)30(14-7-12(24)10-27-11-14)21(33)17-5-6-18(31)29-17/h1-4,7,10-11,13,17,19H,5-6,8-9H2,(H,28,32)(H,29,31)/t17-,19?/m0/s1. The van der Waals surface area contributed by atoms with Gasteiger partial charge >= 0.3 is 0 Å². The Morgan fingerprint density at radius 1 is 1.24 bits per heavy atom. The second-order valence-corrected chi connectivity index (χ2v) is 8.53. The van der Waals surface area contributed by atoms with Crippen LogP contribution in [-0.2, 0) is 14.4 Å². The number of pyridine rings is 1. The van der Waals surface area contributed by atoms with E-state index in [-0.39, 0.29) is 35.0 Å². The summed E-state index contributed by atoms with van der Waals surface area (Å²) >= 11 is 6.35. The molecule has 2 N–H and O–H groups in total. The van der Waals surface area contributed by atoms with Gasteiger partial charge in [-0.1, -0.05) is 29.8 Å². The topological polar surface area (TPSA) is 91.4 Å². The van der Waals surface area contributed by atoms with Gasteiger partial charge in [0.1, 0.15) is 17.9 Å². The zero-order valence-electron chi connectivity index (χ0n) is 17.2. The minimum absolute atomic E-state index is 0.0415. The first-order valence-electron chi connectivity index (χ1n) is 10.3. The van der Waals surface area contributed by atoms with Gasteiger partial charge in [0.2, 0.25) is 11.8 Å². The fourth-order valence-electron chi connectivity index (χ4n) is 4.04. The zero-order valence-corrected chi connectivity index (χ0v) is 18.0. The predicted molar refractivity (Wildman–Crippen MR) is 113 cm³/mol. The Hall–Kier alpha value is -3.14. The molecule has 1 aromatic heterocycles. The maximum absolute atomic E-state index is 14.1. The van der Waals surface area contributed by atoms with Crippen LogP contribution < -0.4 is 15.5 Å². The molecule has 2 atom stereocenters. The van der Waals surface area contributed by atoms with E-state index >= 15 is 0 Å². The summed E-state index contributed by atoms with van der Waals surface area (Å²) in [5.41, 5.74) is 0.171. The van der Waals surface area contributed by atoms with Crippen LogP contribution in [0.4, 0.5) is 18.9 Å². The molecule has 33 heavy (non-hydrogen) atoms. The van der Waals surface area contributed by atoms with Crippen molar-refractivity contribution in [3.8, 4) is 0 Å². The second-order valence-electron chi connectivity index (χ2n) is 8.12. The van der Waals surface area contributed by atoms with Crippen LogP contribution in [0.25, 0.3) is 0 Å². The number of halogens is 4. The van der Waals surface area contributed by atoms with Gasteiger partial charge in [0.15, 0.2) is 0 Å². The number of amides is 3. The van der Waals surface area contributed by atoms with Gasteiger partial charge in [-0.15, -0.1) is 0 Å². The molecule has 2 aromatic rings. The van der Waals surface area contributed by atoms with E-state index < -0.39 is 54.5 Å². The van der Waals surface area contributed by atoms with E-state index in [2.05, 4.69) is 15.6 Å². The lowest BCUT2D eigenvalue weighted by Crippen LogP contribution is -2.55. The number of carbonyl (C=O) groups is 3. The van der Waals surface area contributed by atoms with Gasteiger partial charge in [0.05, 0.1) is 18.1 Å². The number of nitrogens with one attached hydrogen (secondary N) is 2. The number of nitrogens with zero attached hydrogens (tertiary/aromatic N) is 2. The number of anilines is 1. The van der Waals surface area contributed by atoms with Crippen LogP contribution in [0.3, 0.4) is 0 Å². The molecule has 0 bridgehead atoms. The highest BCUT2D eigenvalue weighted by Crippen LogP contribution is 2.39. The van der Waals surface area contributed by atoms with E-state index in [1.54, 1.807) is 12.1 Å². The summed E-state index contributed by atoms with van der Waals surface area (Å²) < 4.78 is 40.7. The molecule has 3 amide bonds. The molecule has 0 spiro atoms. The molecular weight excluding hydrogens is 461 g/mol. The zero-order chi connectivity index (χ0) is 23.8. The number of benzene rings is 1. The third-order valence-electron chi connectivity index (χ3n) is 5.64. The van der Waals surface area contributed by atoms with Crippen molar-refractivity contribution in [2.45, 2.75) is 49.7 Å². The fraction of sp³-hybridized carbons (Fsp3) is 0.364. The van der Waals surface area contributed by atoms with Gasteiger partial charge in [-0.2, -0.15) is 0 Å². The van der Waals surface area contributed by atoms with Crippen molar-refractivity contribution < 1.29 is 27.6 Å². The Kier molecular flexibility index (Phi) is 6.29. The molecule has 1 aliphatic carbocycles. The summed E-state index contributed by atoms with van der Waals surface area (Å²) in [5, 5.41) is 5.24. The molecule has 2 fully saturated rings. The van der Waals surface area contributed by atoms with Gasteiger partial charge in [-0.3, -0.25) is 24.3 Å². The summed E-state index contributed by atoms with van der Waals surface area (Å²) in [5.74, 6) is -5.38. The summed E-state index contributed by atoms with van der Waals surface area (Å²) in [6.45, 7) is 0. The molecule has 1 aromatic carbocycles. The molecule has 1 saturated heterocycles. The van der Waals surface area contributed by atoms with Crippen LogP contribution >= 0.6 is 11.6 Å². The van der Waals surface area contributed by atoms with E-state index in [9.17, 15) is 27.6 Å². The Morgan fingerprint density at radius 3 is 2.58 bits per heavy atom. The monoisotopic (exact) mass is 480 g/mol. The second kappa shape index (κ2) is 9.01. The number of aromatic nitrogens is 1. The number of hydrogen-bond donors (Lipinski definition) is 2. The number of hydrogen-bond acceptors (Lipinski definition) is 4. The van der Waals surface area contributed by atoms with Crippen molar-refractivity contribution in [1.29, 1.82) is 0 Å². The molecular formula is C22H20ClF3N4O3. The van der Waals surface area contributed by atoms with Gasteiger partial charge in [-0.25, -0.2) is 13.2 Å². The van der Waals surface area contributed by atoms with Crippen LogP contribution in [0.5, 0.6) is 0 Å². The quantitative estimate of drug-likeness (QED) is 0.664. The van der Waals surface area contributed by atoms with E-state index in [0.29, 0.717) is 0 Å². The molecule has 11 heteroatoms. The average Bonchev–Trinajstić information content (AvgIpc) is 3.17. The third-order valence-corrected chi connectivity index (χ3v) is 5.99. The number of alkyl halides is 2. The molecule has 1 aliphatic heterocycles. The maximum atomic E-state index is 14.1. The van der Waals surface area contributed by atoms with E-state index in [0.717, 1.165) is 17.2 Å². The van der Waals surface area contributed by atoms with Crippen LogP contribution in [-0.4, -0.2) is 40.7 Å². The summed E-state index contributed by atoms with van der Waals surface area (Å²) in [7, 11) is 0. The summed E-state index contributed by atoms with van der Waals surface area (Å²) in [6, 6.07) is 4.12. The Labute approximate surface area is 192 Å². The van der Waals surface area contributed by atoms with Gasteiger partial charge in [0.25, 0.3) is 11.8 Å². The molecule has 1 saturated carbocycles. The van der Waals surface area contributed by atoms with Crippen molar-refractivity contribution in [3.63, 3.8) is 0 Å². The normalized spacial score (nSPS) is 20.5. The molecule has 4 rings (SSSR count). The molecule has 7 nitrogen and oxygen atoms in total. The lowest BCUT2D eigenvalue weighted by molar-refractivity contribution is -0.133. The number of carbonyl (C=O) groups excluding carboxylic acids is 3. The minimum Gasteiger partial charge on any atom is -0.351 e. The van der Waals surface area contributed by atoms with E-state index in [1.165, 1.54) is 18.3 Å². The van der Waals surface area contributed by atoms with E-state index in [1.807, 2.05) is 0 Å². The Morgan fingerprint density at radius 2 is 1.97 bits per heavy atom. The Bertz CT molecular complexity index is 1090. The van der Waals surface area contributed by atoms with Crippen molar-refractivity contribution in [1.82, 2.24) is 15.6 Å². The highest BCUT2D eigenvalue weighted by atomic mass is 35.5. The van der Waals surface area contributed by atoms with Crippen LogP contribution in [0, 0.1) is 5.82 Å².